The molecule has 0 atom stereocenters. The summed E-state index contributed by atoms with van der Waals surface area (Å²) in [4.78, 5) is 18.9. The van der Waals surface area contributed by atoms with Gasteiger partial charge in [-0.2, -0.15) is 0 Å². The topological polar surface area (TPSA) is 45.2 Å². The van der Waals surface area contributed by atoms with Crippen molar-refractivity contribution in [2.45, 2.75) is 26.7 Å². The van der Waals surface area contributed by atoms with Gasteiger partial charge >= 0.3 is 0 Å². The molecule has 0 spiro atoms. The van der Waals surface area contributed by atoms with E-state index < -0.39 is 0 Å². The van der Waals surface area contributed by atoms with Crippen molar-refractivity contribution in [1.29, 1.82) is 0 Å². The number of benzene rings is 1. The third-order valence-electron chi connectivity index (χ3n) is 3.40. The Balaban J connectivity index is 2.06. The highest BCUT2D eigenvalue weighted by Gasteiger charge is 2.09. The Hall–Kier alpha value is -2.07. The highest BCUT2D eigenvalue weighted by atomic mass is 35.5. The van der Waals surface area contributed by atoms with Crippen LogP contribution in [0.25, 0.3) is 0 Å². The molecule has 0 fully saturated rings. The third-order valence-corrected chi connectivity index (χ3v) is 3.64. The minimum absolute atomic E-state index is 0.193. The molecule has 2 aromatic rings. The molecule has 1 amide bonds. The van der Waals surface area contributed by atoms with Crippen molar-refractivity contribution in [3.05, 3.63) is 53.2 Å². The number of nitrogens with zero attached hydrogens (tertiary/aromatic N) is 2. The number of nitrogens with one attached hydrogen (secondary N) is 1. The van der Waals surface area contributed by atoms with Gasteiger partial charge in [-0.25, -0.2) is 4.98 Å². The Kier molecular flexibility index (Phi) is 6.41. The molecular formula is C18H22ClN3O. The van der Waals surface area contributed by atoms with Gasteiger partial charge in [0.1, 0.15) is 5.82 Å². The number of rotatable bonds is 7. The van der Waals surface area contributed by atoms with Crippen LogP contribution in [-0.2, 0) is 0 Å². The van der Waals surface area contributed by atoms with Gasteiger partial charge in [0.25, 0.3) is 5.91 Å². The standard InChI is InChI=1S/C18H22ClN3O/c1-3-10-22(11-4-2)17-9-8-16(13-20-17)21-18(23)14-6-5-7-15(19)12-14/h5-9,12-13H,3-4,10-11H2,1-2H3,(H,21,23). The van der Waals surface area contributed by atoms with Crippen molar-refractivity contribution in [2.75, 3.05) is 23.3 Å². The van der Waals surface area contributed by atoms with E-state index in [9.17, 15) is 4.79 Å². The Morgan fingerprint density at radius 3 is 2.48 bits per heavy atom. The number of amides is 1. The highest BCUT2D eigenvalue weighted by Crippen LogP contribution is 2.17. The first-order chi connectivity index (χ1) is 11.1. The van der Waals surface area contributed by atoms with Gasteiger partial charge in [0.2, 0.25) is 0 Å². The molecular weight excluding hydrogens is 310 g/mol. The number of anilines is 2. The van der Waals surface area contributed by atoms with Gasteiger partial charge in [-0.15, -0.1) is 0 Å². The molecule has 0 aliphatic carbocycles. The predicted octanol–water partition coefficient (Wildman–Crippen LogP) is 4.61. The molecule has 0 aliphatic heterocycles. The van der Waals surface area contributed by atoms with Crippen LogP contribution in [0.15, 0.2) is 42.6 Å². The lowest BCUT2D eigenvalue weighted by Gasteiger charge is -2.22. The van der Waals surface area contributed by atoms with Gasteiger partial charge in [-0.3, -0.25) is 4.79 Å². The molecule has 4 nitrogen and oxygen atoms in total. The second-order valence-electron chi connectivity index (χ2n) is 5.36. The maximum atomic E-state index is 12.2. The zero-order chi connectivity index (χ0) is 16.7. The maximum absolute atomic E-state index is 12.2. The summed E-state index contributed by atoms with van der Waals surface area (Å²) in [6.45, 7) is 6.27. The summed E-state index contributed by atoms with van der Waals surface area (Å²) in [7, 11) is 0. The zero-order valence-electron chi connectivity index (χ0n) is 13.6. The summed E-state index contributed by atoms with van der Waals surface area (Å²) in [5.74, 6) is 0.746. The Morgan fingerprint density at radius 2 is 1.91 bits per heavy atom. The van der Waals surface area contributed by atoms with Gasteiger partial charge in [0.05, 0.1) is 11.9 Å². The fourth-order valence-corrected chi connectivity index (χ4v) is 2.55. The number of halogens is 1. The molecule has 0 radical (unpaired) electrons. The first-order valence-electron chi connectivity index (χ1n) is 7.92. The molecule has 0 unspecified atom stereocenters. The third kappa shape index (κ3) is 4.96. The number of hydrogen-bond donors (Lipinski definition) is 1. The van der Waals surface area contributed by atoms with Gasteiger partial charge in [0, 0.05) is 23.7 Å². The average Bonchev–Trinajstić information content (AvgIpc) is 2.55. The van der Waals surface area contributed by atoms with Crippen LogP contribution >= 0.6 is 11.6 Å². The van der Waals surface area contributed by atoms with Crippen molar-refractivity contribution in [1.82, 2.24) is 4.98 Å². The smallest absolute Gasteiger partial charge is 0.255 e. The molecule has 1 N–H and O–H groups in total. The van der Waals surface area contributed by atoms with Crippen LogP contribution in [-0.4, -0.2) is 24.0 Å². The van der Waals surface area contributed by atoms with Crippen LogP contribution in [0.3, 0.4) is 0 Å². The average molecular weight is 332 g/mol. The molecule has 5 heteroatoms. The second kappa shape index (κ2) is 8.53. The van der Waals surface area contributed by atoms with Crippen molar-refractivity contribution < 1.29 is 4.79 Å². The minimum atomic E-state index is -0.193. The first-order valence-corrected chi connectivity index (χ1v) is 8.29. The van der Waals surface area contributed by atoms with E-state index in [0.29, 0.717) is 16.3 Å². The van der Waals surface area contributed by atoms with Crippen LogP contribution in [0.1, 0.15) is 37.0 Å². The normalized spacial score (nSPS) is 10.4. The number of carbonyl (C=O) groups is 1. The van der Waals surface area contributed by atoms with Crippen LogP contribution in [0, 0.1) is 0 Å². The molecule has 0 saturated carbocycles. The number of hydrogen-bond acceptors (Lipinski definition) is 3. The molecule has 23 heavy (non-hydrogen) atoms. The van der Waals surface area contributed by atoms with E-state index in [2.05, 4.69) is 29.0 Å². The summed E-state index contributed by atoms with van der Waals surface area (Å²) in [6.07, 6.45) is 3.85. The fraction of sp³-hybridized carbons (Fsp3) is 0.333. The molecule has 0 aliphatic rings. The van der Waals surface area contributed by atoms with Gasteiger partial charge in [0.15, 0.2) is 0 Å². The second-order valence-corrected chi connectivity index (χ2v) is 5.79. The summed E-state index contributed by atoms with van der Waals surface area (Å²) >= 11 is 5.91. The predicted molar refractivity (Wildman–Crippen MR) is 96.4 cm³/mol. The Morgan fingerprint density at radius 1 is 1.17 bits per heavy atom. The van der Waals surface area contributed by atoms with Crippen LogP contribution in [0.2, 0.25) is 5.02 Å². The van der Waals surface area contributed by atoms with E-state index in [1.165, 1.54) is 0 Å². The minimum Gasteiger partial charge on any atom is -0.357 e. The summed E-state index contributed by atoms with van der Waals surface area (Å²) in [6, 6.07) is 10.7. The Bertz CT molecular complexity index is 637. The van der Waals surface area contributed by atoms with Crippen molar-refractivity contribution in [2.24, 2.45) is 0 Å². The lowest BCUT2D eigenvalue weighted by Crippen LogP contribution is -2.25. The van der Waals surface area contributed by atoms with Crippen molar-refractivity contribution >= 4 is 29.0 Å². The maximum Gasteiger partial charge on any atom is 0.255 e. The number of aromatic nitrogens is 1. The van der Waals surface area contributed by atoms with Gasteiger partial charge in [-0.05, 0) is 43.2 Å². The Labute approximate surface area is 142 Å². The largest absolute Gasteiger partial charge is 0.357 e. The lowest BCUT2D eigenvalue weighted by atomic mass is 10.2. The van der Waals surface area contributed by atoms with E-state index in [-0.39, 0.29) is 5.91 Å². The highest BCUT2D eigenvalue weighted by molar-refractivity contribution is 6.31. The van der Waals surface area contributed by atoms with Crippen LogP contribution < -0.4 is 10.2 Å². The molecule has 2 rings (SSSR count). The molecule has 1 aromatic carbocycles. The molecule has 1 heterocycles. The van der Waals surface area contributed by atoms with E-state index in [1.54, 1.807) is 30.5 Å². The molecule has 1 aromatic heterocycles. The summed E-state index contributed by atoms with van der Waals surface area (Å²) < 4.78 is 0. The SMILES string of the molecule is CCCN(CCC)c1ccc(NC(=O)c2cccc(Cl)c2)cn1. The van der Waals surface area contributed by atoms with Crippen LogP contribution in [0.5, 0.6) is 0 Å². The summed E-state index contributed by atoms with van der Waals surface area (Å²) in [5.41, 5.74) is 1.20. The quantitative estimate of drug-likeness (QED) is 0.805. The first kappa shape index (κ1) is 17.3. The lowest BCUT2D eigenvalue weighted by molar-refractivity contribution is 0.102. The number of pyridine rings is 1. The van der Waals surface area contributed by atoms with Gasteiger partial charge < -0.3 is 10.2 Å². The monoisotopic (exact) mass is 331 g/mol. The van der Waals surface area contributed by atoms with E-state index >= 15 is 0 Å². The van der Waals surface area contributed by atoms with E-state index in [0.717, 1.165) is 31.7 Å². The summed E-state index contributed by atoms with van der Waals surface area (Å²) in [5, 5.41) is 3.38. The number of carbonyl (C=O) groups excluding carboxylic acids is 1. The molecule has 0 saturated heterocycles. The van der Waals surface area contributed by atoms with Gasteiger partial charge in [-0.1, -0.05) is 31.5 Å². The van der Waals surface area contributed by atoms with Crippen molar-refractivity contribution in [3.63, 3.8) is 0 Å². The zero-order valence-corrected chi connectivity index (χ0v) is 14.3. The fourth-order valence-electron chi connectivity index (χ4n) is 2.36. The van der Waals surface area contributed by atoms with E-state index in [1.807, 2.05) is 12.1 Å². The van der Waals surface area contributed by atoms with Crippen molar-refractivity contribution in [3.8, 4) is 0 Å². The van der Waals surface area contributed by atoms with Crippen LogP contribution in [0.4, 0.5) is 11.5 Å². The van der Waals surface area contributed by atoms with E-state index in [4.69, 9.17) is 11.6 Å². The molecule has 122 valence electrons. The molecule has 0 bridgehead atoms.